The van der Waals surface area contributed by atoms with E-state index in [1.165, 1.54) is 18.4 Å². The molecular formula is C26H27N5O2. The summed E-state index contributed by atoms with van der Waals surface area (Å²) in [6.07, 6.45) is 6.47. The largest absolute Gasteiger partial charge is 0.348 e. The van der Waals surface area contributed by atoms with Crippen molar-refractivity contribution >= 4 is 5.91 Å². The summed E-state index contributed by atoms with van der Waals surface area (Å²) in [4.78, 5) is 17.3. The molecule has 0 unspecified atom stereocenters. The summed E-state index contributed by atoms with van der Waals surface area (Å²) >= 11 is 0. The first kappa shape index (κ1) is 21.1. The summed E-state index contributed by atoms with van der Waals surface area (Å²) in [6, 6.07) is 15.9. The van der Waals surface area contributed by atoms with E-state index in [-0.39, 0.29) is 5.91 Å². The molecule has 0 atom stereocenters. The van der Waals surface area contributed by atoms with Crippen LogP contribution in [0.1, 0.15) is 64.7 Å². The van der Waals surface area contributed by atoms with Crippen molar-refractivity contribution in [1.29, 1.82) is 0 Å². The van der Waals surface area contributed by atoms with Gasteiger partial charge in [0.2, 0.25) is 11.7 Å². The molecule has 5 rings (SSSR count). The minimum Gasteiger partial charge on any atom is -0.348 e. The fourth-order valence-corrected chi connectivity index (χ4v) is 4.25. The van der Waals surface area contributed by atoms with Crippen molar-refractivity contribution in [2.45, 2.75) is 52.0 Å². The Morgan fingerprint density at radius 2 is 1.79 bits per heavy atom. The number of benzene rings is 2. The lowest BCUT2D eigenvalue weighted by molar-refractivity contribution is 0.0950. The molecule has 1 aliphatic carbocycles. The van der Waals surface area contributed by atoms with Crippen LogP contribution < -0.4 is 5.32 Å². The van der Waals surface area contributed by atoms with Gasteiger partial charge in [-0.05, 0) is 56.5 Å². The monoisotopic (exact) mass is 441 g/mol. The van der Waals surface area contributed by atoms with E-state index >= 15 is 0 Å². The molecule has 1 N–H and O–H groups in total. The maximum Gasteiger partial charge on any atom is 0.255 e. The van der Waals surface area contributed by atoms with Gasteiger partial charge in [0, 0.05) is 24.2 Å². The van der Waals surface area contributed by atoms with Crippen LogP contribution in [0.4, 0.5) is 0 Å². The number of carbonyl (C=O) groups excluding carboxylic acids is 1. The number of amides is 1. The highest BCUT2D eigenvalue weighted by Crippen LogP contribution is 2.34. The molecular weight excluding hydrogens is 414 g/mol. The summed E-state index contributed by atoms with van der Waals surface area (Å²) in [6.45, 7) is 4.37. The molecule has 0 bridgehead atoms. The highest BCUT2D eigenvalue weighted by molar-refractivity contribution is 5.95. The van der Waals surface area contributed by atoms with Crippen molar-refractivity contribution in [2.24, 2.45) is 0 Å². The van der Waals surface area contributed by atoms with Gasteiger partial charge >= 0.3 is 0 Å². The second-order valence-corrected chi connectivity index (χ2v) is 8.73. The maximum absolute atomic E-state index is 12.7. The Morgan fingerprint density at radius 3 is 2.52 bits per heavy atom. The van der Waals surface area contributed by atoms with Crippen molar-refractivity contribution < 1.29 is 9.32 Å². The third-order valence-corrected chi connectivity index (χ3v) is 6.25. The van der Waals surface area contributed by atoms with E-state index in [4.69, 9.17) is 4.52 Å². The Kier molecular flexibility index (Phi) is 5.77. The molecule has 2 aromatic heterocycles. The molecule has 0 spiro atoms. The van der Waals surface area contributed by atoms with Crippen LogP contribution in [0.2, 0.25) is 0 Å². The second-order valence-electron chi connectivity index (χ2n) is 8.73. The lowest BCUT2D eigenvalue weighted by Gasteiger charge is -2.05. The molecule has 0 saturated heterocycles. The maximum atomic E-state index is 12.7. The summed E-state index contributed by atoms with van der Waals surface area (Å²) < 4.78 is 7.22. The molecule has 0 aliphatic heterocycles. The quantitative estimate of drug-likeness (QED) is 0.448. The van der Waals surface area contributed by atoms with E-state index in [1.807, 2.05) is 62.4 Å². The zero-order chi connectivity index (χ0) is 22.8. The zero-order valence-corrected chi connectivity index (χ0v) is 18.9. The molecule has 0 radical (unpaired) electrons. The van der Waals surface area contributed by atoms with Crippen LogP contribution in [-0.4, -0.2) is 25.8 Å². The number of nitrogens with zero attached hydrogens (tertiary/aromatic N) is 4. The minimum atomic E-state index is -0.137. The highest BCUT2D eigenvalue weighted by atomic mass is 16.5. The molecule has 4 aromatic rings. The number of carbonyl (C=O) groups is 1. The van der Waals surface area contributed by atoms with Crippen LogP contribution in [0.3, 0.4) is 0 Å². The smallest absolute Gasteiger partial charge is 0.255 e. The predicted octanol–water partition coefficient (Wildman–Crippen LogP) is 5.13. The third kappa shape index (κ3) is 4.58. The lowest BCUT2D eigenvalue weighted by atomic mass is 10.1. The molecule has 2 aromatic carbocycles. The SMILES string of the molecule is Cc1ccc(CNC(=O)c2cn(-c3ccc(-c4noc(C5CCCC5)n4)cc3)nc2C)cc1. The fraction of sp³-hybridized carbons (Fsp3) is 0.308. The van der Waals surface area contributed by atoms with E-state index in [2.05, 4.69) is 20.6 Å². The Morgan fingerprint density at radius 1 is 1.06 bits per heavy atom. The van der Waals surface area contributed by atoms with Crippen LogP contribution >= 0.6 is 0 Å². The van der Waals surface area contributed by atoms with Gasteiger partial charge in [0.05, 0.1) is 16.9 Å². The van der Waals surface area contributed by atoms with Crippen molar-refractivity contribution in [3.8, 4) is 17.1 Å². The Bertz CT molecular complexity index is 1250. The Labute approximate surface area is 192 Å². The first-order valence-electron chi connectivity index (χ1n) is 11.4. The van der Waals surface area contributed by atoms with Crippen LogP contribution in [0, 0.1) is 13.8 Å². The van der Waals surface area contributed by atoms with Crippen molar-refractivity contribution in [2.75, 3.05) is 0 Å². The van der Waals surface area contributed by atoms with Gasteiger partial charge in [-0.15, -0.1) is 0 Å². The van der Waals surface area contributed by atoms with Crippen molar-refractivity contribution in [3.63, 3.8) is 0 Å². The van der Waals surface area contributed by atoms with Gasteiger partial charge in [-0.25, -0.2) is 4.68 Å². The number of hydrogen-bond donors (Lipinski definition) is 1. The number of aromatic nitrogens is 4. The standard InChI is InChI=1S/C26H27N5O2/c1-17-7-9-19(10-8-17)15-27-25(32)23-16-31(29-18(23)2)22-13-11-20(12-14-22)24-28-26(33-30-24)21-5-3-4-6-21/h7-14,16,21H,3-6,15H2,1-2H3,(H,27,32). The first-order valence-corrected chi connectivity index (χ1v) is 11.4. The molecule has 1 aliphatic rings. The number of aryl methyl sites for hydroxylation is 2. The van der Waals surface area contributed by atoms with Gasteiger partial charge in [-0.3, -0.25) is 4.79 Å². The fourth-order valence-electron chi connectivity index (χ4n) is 4.25. The molecule has 2 heterocycles. The topological polar surface area (TPSA) is 85.8 Å². The van der Waals surface area contributed by atoms with E-state index < -0.39 is 0 Å². The lowest BCUT2D eigenvalue weighted by Crippen LogP contribution is -2.23. The predicted molar refractivity (Wildman–Crippen MR) is 125 cm³/mol. The van der Waals surface area contributed by atoms with Crippen LogP contribution in [-0.2, 0) is 6.54 Å². The summed E-state index contributed by atoms with van der Waals surface area (Å²) in [5, 5.41) is 11.7. The summed E-state index contributed by atoms with van der Waals surface area (Å²) in [7, 11) is 0. The number of rotatable bonds is 6. The van der Waals surface area contributed by atoms with Crippen molar-refractivity contribution in [3.05, 3.63) is 83.0 Å². The third-order valence-electron chi connectivity index (χ3n) is 6.25. The Balaban J connectivity index is 1.27. The average molecular weight is 442 g/mol. The van der Waals surface area contributed by atoms with Gasteiger partial charge in [0.1, 0.15) is 0 Å². The molecule has 7 heteroatoms. The molecule has 168 valence electrons. The van der Waals surface area contributed by atoms with Crippen LogP contribution in [0.15, 0.2) is 59.3 Å². The number of hydrogen-bond acceptors (Lipinski definition) is 5. The normalized spacial score (nSPS) is 14.0. The zero-order valence-electron chi connectivity index (χ0n) is 18.9. The van der Waals surface area contributed by atoms with Gasteiger partial charge in [-0.1, -0.05) is 47.8 Å². The summed E-state index contributed by atoms with van der Waals surface area (Å²) in [5.74, 6) is 1.61. The van der Waals surface area contributed by atoms with Gasteiger partial charge in [-0.2, -0.15) is 10.1 Å². The average Bonchev–Trinajstić information content (AvgIpc) is 3.59. The molecule has 1 saturated carbocycles. The van der Waals surface area contributed by atoms with Crippen LogP contribution in [0.25, 0.3) is 17.1 Å². The number of nitrogens with one attached hydrogen (secondary N) is 1. The molecule has 7 nitrogen and oxygen atoms in total. The minimum absolute atomic E-state index is 0.137. The van der Waals surface area contributed by atoms with Crippen LogP contribution in [0.5, 0.6) is 0 Å². The van der Waals surface area contributed by atoms with Gasteiger partial charge < -0.3 is 9.84 Å². The Hall–Kier alpha value is -3.74. The van der Waals surface area contributed by atoms with Gasteiger partial charge in [0.25, 0.3) is 5.91 Å². The highest BCUT2D eigenvalue weighted by Gasteiger charge is 2.23. The van der Waals surface area contributed by atoms with Gasteiger partial charge in [0.15, 0.2) is 0 Å². The van der Waals surface area contributed by atoms with E-state index in [0.29, 0.717) is 29.5 Å². The van der Waals surface area contributed by atoms with E-state index in [1.54, 1.807) is 10.9 Å². The molecule has 33 heavy (non-hydrogen) atoms. The van der Waals surface area contributed by atoms with Crippen molar-refractivity contribution in [1.82, 2.24) is 25.2 Å². The summed E-state index contributed by atoms with van der Waals surface area (Å²) in [5.41, 5.74) is 5.25. The first-order chi connectivity index (χ1) is 16.1. The van der Waals surface area contributed by atoms with E-state index in [0.717, 1.165) is 35.5 Å². The second kappa shape index (κ2) is 9.02. The molecule has 1 amide bonds. The van der Waals surface area contributed by atoms with E-state index in [9.17, 15) is 4.79 Å². The molecule has 1 fully saturated rings.